The van der Waals surface area contributed by atoms with Crippen molar-refractivity contribution in [3.05, 3.63) is 76.8 Å². The molecule has 0 fully saturated rings. The number of hydrogen-bond donors (Lipinski definition) is 0. The number of thiocyanates is 1. The third-order valence-electron chi connectivity index (χ3n) is 3.52. The average Bonchev–Trinajstić information content (AvgIpc) is 3.10. The van der Waals surface area contributed by atoms with Gasteiger partial charge in [0, 0.05) is 33.8 Å². The largest absolute Gasteiger partial charge is 0.336 e. The topological polar surface area (TPSA) is 41.6 Å². The molecular weight excluding hydrogens is 393 g/mol. The first-order valence-electron chi connectivity index (χ1n) is 7.39. The summed E-state index contributed by atoms with van der Waals surface area (Å²) in [6.45, 7) is 0.715. The third kappa shape index (κ3) is 4.74. The molecule has 0 bridgehead atoms. The van der Waals surface area contributed by atoms with Crippen LogP contribution >= 0.6 is 46.7 Å². The number of benzene rings is 2. The zero-order valence-electron chi connectivity index (χ0n) is 13.0. The Bertz CT molecular complexity index is 892. The quantitative estimate of drug-likeness (QED) is 0.356. The maximum absolute atomic E-state index is 9.10. The molecule has 0 amide bonds. The Labute approximate surface area is 165 Å². The number of imidazole rings is 1. The van der Waals surface area contributed by atoms with E-state index in [0.717, 1.165) is 15.4 Å². The number of halogens is 2. The Morgan fingerprint density at radius 2 is 2.00 bits per heavy atom. The highest BCUT2D eigenvalue weighted by atomic mass is 35.5. The van der Waals surface area contributed by atoms with Crippen molar-refractivity contribution in [2.24, 2.45) is 0 Å². The van der Waals surface area contributed by atoms with Crippen LogP contribution in [0.2, 0.25) is 10.0 Å². The molecule has 2 aromatic carbocycles. The number of hydrogen-bond acceptors (Lipinski definition) is 4. The van der Waals surface area contributed by atoms with E-state index < -0.39 is 0 Å². The third-order valence-corrected chi connectivity index (χ3v) is 6.16. The second kappa shape index (κ2) is 8.68. The first-order valence-corrected chi connectivity index (χ1v) is 9.85. The van der Waals surface area contributed by atoms with Crippen LogP contribution in [0.3, 0.4) is 0 Å². The lowest BCUT2D eigenvalue weighted by Crippen LogP contribution is -2.06. The highest BCUT2D eigenvalue weighted by Gasteiger charge is 2.19. The van der Waals surface area contributed by atoms with Crippen molar-refractivity contribution in [3.63, 3.8) is 0 Å². The van der Waals surface area contributed by atoms with Gasteiger partial charge in [-0.2, -0.15) is 5.26 Å². The van der Waals surface area contributed by atoms with Crippen molar-refractivity contribution in [3.8, 4) is 5.40 Å². The molecule has 0 saturated carbocycles. The Kier molecular flexibility index (Phi) is 6.33. The van der Waals surface area contributed by atoms with Gasteiger partial charge in [0.05, 0.1) is 16.6 Å². The number of nitriles is 1. The van der Waals surface area contributed by atoms with E-state index in [1.807, 2.05) is 41.1 Å². The van der Waals surface area contributed by atoms with Gasteiger partial charge >= 0.3 is 0 Å². The van der Waals surface area contributed by atoms with Crippen LogP contribution in [0.4, 0.5) is 0 Å². The van der Waals surface area contributed by atoms with Crippen molar-refractivity contribution < 1.29 is 0 Å². The van der Waals surface area contributed by atoms with E-state index in [2.05, 4.69) is 16.5 Å². The van der Waals surface area contributed by atoms with Gasteiger partial charge in [-0.3, -0.25) is 0 Å². The standard InChI is InChI=1S/C18H13Cl2N3S2/c19-13-5-6-17(15(20)9-13)25-18(10-23-8-7-22-12-23)14-3-1-2-4-16(14)24-11-21/h1-9,12,18H,10H2. The summed E-state index contributed by atoms with van der Waals surface area (Å²) in [5, 5.41) is 12.6. The second-order valence-electron chi connectivity index (χ2n) is 5.17. The lowest BCUT2D eigenvalue weighted by Gasteiger charge is -2.20. The molecule has 0 aliphatic rings. The molecule has 0 aliphatic heterocycles. The molecule has 3 rings (SSSR count). The van der Waals surface area contributed by atoms with Crippen LogP contribution in [-0.4, -0.2) is 9.55 Å². The molecule has 1 atom stereocenters. The highest BCUT2D eigenvalue weighted by Crippen LogP contribution is 2.43. The summed E-state index contributed by atoms with van der Waals surface area (Å²) in [6.07, 6.45) is 5.47. The van der Waals surface area contributed by atoms with Crippen LogP contribution in [0, 0.1) is 10.7 Å². The number of thioether (sulfide) groups is 2. The molecule has 0 spiro atoms. The van der Waals surface area contributed by atoms with E-state index in [1.165, 1.54) is 11.8 Å². The molecule has 7 heteroatoms. The summed E-state index contributed by atoms with van der Waals surface area (Å²) in [5.41, 5.74) is 1.10. The van der Waals surface area contributed by atoms with Crippen molar-refractivity contribution in [1.82, 2.24) is 9.55 Å². The molecule has 1 aromatic heterocycles. The normalized spacial score (nSPS) is 11.9. The summed E-state index contributed by atoms with van der Waals surface area (Å²) in [4.78, 5) is 6.02. The molecular formula is C18H13Cl2N3S2. The maximum atomic E-state index is 9.10. The molecule has 0 N–H and O–H groups in total. The summed E-state index contributed by atoms with van der Waals surface area (Å²) < 4.78 is 2.02. The van der Waals surface area contributed by atoms with Crippen LogP contribution in [0.15, 0.2) is 71.0 Å². The highest BCUT2D eigenvalue weighted by molar-refractivity contribution is 8.04. The summed E-state index contributed by atoms with van der Waals surface area (Å²) >= 11 is 15.2. The minimum Gasteiger partial charge on any atom is -0.336 e. The molecule has 3 aromatic rings. The minimum atomic E-state index is 0.0740. The predicted octanol–water partition coefficient (Wildman–Crippen LogP) is 6.30. The molecule has 0 saturated heterocycles. The van der Waals surface area contributed by atoms with Gasteiger partial charge in [-0.1, -0.05) is 41.4 Å². The minimum absolute atomic E-state index is 0.0740. The predicted molar refractivity (Wildman–Crippen MR) is 105 cm³/mol. The van der Waals surface area contributed by atoms with Gasteiger partial charge < -0.3 is 4.57 Å². The monoisotopic (exact) mass is 405 g/mol. The van der Waals surface area contributed by atoms with Crippen LogP contribution < -0.4 is 0 Å². The van der Waals surface area contributed by atoms with Crippen molar-refractivity contribution in [1.29, 1.82) is 5.26 Å². The van der Waals surface area contributed by atoms with Crippen molar-refractivity contribution >= 4 is 46.7 Å². The molecule has 1 heterocycles. The van der Waals surface area contributed by atoms with E-state index in [9.17, 15) is 0 Å². The van der Waals surface area contributed by atoms with Gasteiger partial charge in [0.25, 0.3) is 0 Å². The molecule has 1 unspecified atom stereocenters. The lowest BCUT2D eigenvalue weighted by atomic mass is 10.1. The SMILES string of the molecule is N#CSc1ccccc1C(Cn1ccnc1)Sc1ccc(Cl)cc1Cl. The van der Waals surface area contributed by atoms with E-state index in [-0.39, 0.29) is 5.25 Å². The Hall–Kier alpha value is -1.58. The van der Waals surface area contributed by atoms with Gasteiger partial charge in [-0.05, 0) is 41.6 Å². The maximum Gasteiger partial charge on any atom is 0.138 e. The second-order valence-corrected chi connectivity index (χ2v) is 8.09. The van der Waals surface area contributed by atoms with E-state index in [4.69, 9.17) is 28.5 Å². The van der Waals surface area contributed by atoms with Crippen molar-refractivity contribution in [2.45, 2.75) is 21.6 Å². The average molecular weight is 406 g/mol. The van der Waals surface area contributed by atoms with Gasteiger partial charge in [0.1, 0.15) is 5.40 Å². The summed E-state index contributed by atoms with van der Waals surface area (Å²) in [5.74, 6) is 0. The van der Waals surface area contributed by atoms with Crippen LogP contribution in [0.25, 0.3) is 0 Å². The van der Waals surface area contributed by atoms with Crippen LogP contribution in [0.1, 0.15) is 10.8 Å². The number of nitrogens with zero attached hydrogens (tertiary/aromatic N) is 3. The summed E-state index contributed by atoms with van der Waals surface area (Å²) in [7, 11) is 0. The molecule has 25 heavy (non-hydrogen) atoms. The fourth-order valence-electron chi connectivity index (χ4n) is 2.40. The van der Waals surface area contributed by atoms with Gasteiger partial charge in [-0.15, -0.1) is 11.8 Å². The van der Waals surface area contributed by atoms with Crippen LogP contribution in [-0.2, 0) is 6.54 Å². The fourth-order valence-corrected chi connectivity index (χ4v) is 4.79. The first-order chi connectivity index (χ1) is 12.2. The zero-order valence-corrected chi connectivity index (χ0v) is 16.1. The van der Waals surface area contributed by atoms with Crippen LogP contribution in [0.5, 0.6) is 0 Å². The first kappa shape index (κ1) is 18.2. The van der Waals surface area contributed by atoms with Crippen molar-refractivity contribution in [2.75, 3.05) is 0 Å². The Morgan fingerprint density at radius 1 is 1.16 bits per heavy atom. The fraction of sp³-hybridized carbons (Fsp3) is 0.111. The van der Waals surface area contributed by atoms with Gasteiger partial charge in [0.2, 0.25) is 0 Å². The van der Waals surface area contributed by atoms with Gasteiger partial charge in [0.15, 0.2) is 0 Å². The van der Waals surface area contributed by atoms with Gasteiger partial charge in [-0.25, -0.2) is 4.98 Å². The van der Waals surface area contributed by atoms with E-state index >= 15 is 0 Å². The molecule has 0 aliphatic carbocycles. The summed E-state index contributed by atoms with van der Waals surface area (Å²) in [6, 6.07) is 13.5. The Balaban J connectivity index is 1.96. The molecule has 3 nitrogen and oxygen atoms in total. The number of rotatable bonds is 6. The molecule has 126 valence electrons. The molecule has 0 radical (unpaired) electrons. The Morgan fingerprint density at radius 3 is 2.72 bits per heavy atom. The lowest BCUT2D eigenvalue weighted by molar-refractivity contribution is 0.677. The zero-order chi connectivity index (χ0) is 17.6. The smallest absolute Gasteiger partial charge is 0.138 e. The number of aromatic nitrogens is 2. The van der Waals surface area contributed by atoms with E-state index in [1.54, 1.807) is 30.4 Å². The van der Waals surface area contributed by atoms with E-state index in [0.29, 0.717) is 16.6 Å².